The lowest BCUT2D eigenvalue weighted by Gasteiger charge is -2.14. The van der Waals surface area contributed by atoms with Crippen molar-refractivity contribution in [2.45, 2.75) is 19.8 Å². The van der Waals surface area contributed by atoms with Gasteiger partial charge in [0, 0.05) is 16.0 Å². The Balaban J connectivity index is 2.52. The zero-order valence-electron chi connectivity index (χ0n) is 9.25. The fraction of sp³-hybridized carbons (Fsp3) is 0.500. The van der Waals surface area contributed by atoms with Crippen molar-refractivity contribution >= 4 is 35.8 Å². The van der Waals surface area contributed by atoms with Crippen LogP contribution in [0, 0.1) is 5.92 Å². The highest BCUT2D eigenvalue weighted by Gasteiger charge is 2.07. The van der Waals surface area contributed by atoms with Crippen LogP contribution >= 0.6 is 35.8 Å². The van der Waals surface area contributed by atoms with Gasteiger partial charge in [-0.25, -0.2) is 0 Å². The summed E-state index contributed by atoms with van der Waals surface area (Å²) in [5.74, 6) is 2.04. The van der Waals surface area contributed by atoms with E-state index in [4.69, 9.17) is 27.9 Å². The zero-order chi connectivity index (χ0) is 12.0. The van der Waals surface area contributed by atoms with Gasteiger partial charge in [0.25, 0.3) is 0 Å². The molecule has 90 valence electrons. The van der Waals surface area contributed by atoms with E-state index < -0.39 is 0 Å². The highest BCUT2D eigenvalue weighted by Crippen LogP contribution is 2.24. The van der Waals surface area contributed by atoms with Gasteiger partial charge in [0.05, 0.1) is 6.61 Å². The van der Waals surface area contributed by atoms with Gasteiger partial charge in [-0.15, -0.1) is 0 Å². The van der Waals surface area contributed by atoms with Crippen LogP contribution in [-0.2, 0) is 0 Å². The first kappa shape index (κ1) is 14.0. The number of ether oxygens (including phenoxy) is 1. The van der Waals surface area contributed by atoms with Crippen LogP contribution in [0.2, 0.25) is 10.0 Å². The molecule has 0 aliphatic carbocycles. The van der Waals surface area contributed by atoms with Gasteiger partial charge in [-0.2, -0.15) is 12.6 Å². The molecule has 0 amide bonds. The van der Waals surface area contributed by atoms with E-state index in [-0.39, 0.29) is 0 Å². The first-order chi connectivity index (χ1) is 7.65. The molecule has 0 aliphatic rings. The molecule has 0 saturated heterocycles. The molecule has 0 bridgehead atoms. The van der Waals surface area contributed by atoms with Crippen LogP contribution in [-0.4, -0.2) is 12.4 Å². The molecule has 0 spiro atoms. The number of benzene rings is 1. The Kier molecular flexibility index (Phi) is 6.40. The van der Waals surface area contributed by atoms with Crippen molar-refractivity contribution in [1.82, 2.24) is 0 Å². The van der Waals surface area contributed by atoms with Crippen molar-refractivity contribution in [2.75, 3.05) is 12.4 Å². The van der Waals surface area contributed by atoms with E-state index in [9.17, 15) is 0 Å². The number of hydrogen-bond donors (Lipinski definition) is 1. The van der Waals surface area contributed by atoms with Crippen molar-refractivity contribution < 1.29 is 4.74 Å². The Morgan fingerprint density at radius 2 is 1.88 bits per heavy atom. The van der Waals surface area contributed by atoms with E-state index in [1.807, 2.05) is 0 Å². The molecule has 1 unspecified atom stereocenters. The zero-order valence-corrected chi connectivity index (χ0v) is 11.7. The van der Waals surface area contributed by atoms with E-state index in [1.165, 1.54) is 0 Å². The molecule has 0 aromatic heterocycles. The van der Waals surface area contributed by atoms with E-state index in [1.54, 1.807) is 18.2 Å². The third-order valence-electron chi connectivity index (χ3n) is 2.28. The molecule has 1 aromatic rings. The van der Waals surface area contributed by atoms with Crippen LogP contribution in [0.25, 0.3) is 0 Å². The van der Waals surface area contributed by atoms with Crippen molar-refractivity contribution in [1.29, 1.82) is 0 Å². The van der Waals surface area contributed by atoms with Crippen molar-refractivity contribution in [3.8, 4) is 5.75 Å². The maximum absolute atomic E-state index is 5.88. The molecule has 0 saturated carbocycles. The molecule has 4 heteroatoms. The normalized spacial score (nSPS) is 12.5. The lowest BCUT2D eigenvalue weighted by molar-refractivity contribution is 0.254. The molecule has 0 heterocycles. The lowest BCUT2D eigenvalue weighted by Crippen LogP contribution is -2.13. The molecule has 1 nitrogen and oxygen atoms in total. The summed E-state index contributed by atoms with van der Waals surface area (Å²) >= 11 is 16.1. The summed E-state index contributed by atoms with van der Waals surface area (Å²) in [5, 5.41) is 1.20. The predicted octanol–water partition coefficient (Wildman–Crippen LogP) is 4.72. The van der Waals surface area contributed by atoms with Crippen LogP contribution in [0.1, 0.15) is 19.8 Å². The van der Waals surface area contributed by atoms with Gasteiger partial charge in [-0.1, -0.05) is 36.5 Å². The SMILES string of the molecule is CCCC(CS)COc1cc(Cl)cc(Cl)c1. The van der Waals surface area contributed by atoms with Gasteiger partial charge >= 0.3 is 0 Å². The standard InChI is InChI=1S/C12H16Cl2OS/c1-2-3-9(8-16)7-15-12-5-10(13)4-11(14)6-12/h4-6,9,16H,2-3,7-8H2,1H3. The lowest BCUT2D eigenvalue weighted by atomic mass is 10.1. The minimum atomic E-state index is 0.478. The van der Waals surface area contributed by atoms with Crippen molar-refractivity contribution in [3.63, 3.8) is 0 Å². The molecule has 0 N–H and O–H groups in total. The second kappa shape index (κ2) is 7.31. The van der Waals surface area contributed by atoms with E-state index >= 15 is 0 Å². The maximum atomic E-state index is 5.88. The number of halogens is 2. The third-order valence-corrected chi connectivity index (χ3v) is 3.23. The maximum Gasteiger partial charge on any atom is 0.122 e. The van der Waals surface area contributed by atoms with Gasteiger partial charge in [0.15, 0.2) is 0 Å². The van der Waals surface area contributed by atoms with Gasteiger partial charge in [0.1, 0.15) is 5.75 Å². The van der Waals surface area contributed by atoms with Gasteiger partial charge in [0.2, 0.25) is 0 Å². The summed E-state index contributed by atoms with van der Waals surface area (Å²) in [6.07, 6.45) is 2.27. The Morgan fingerprint density at radius 1 is 1.25 bits per heavy atom. The number of rotatable bonds is 6. The van der Waals surface area contributed by atoms with E-state index in [2.05, 4.69) is 19.6 Å². The first-order valence-corrected chi connectivity index (χ1v) is 6.74. The first-order valence-electron chi connectivity index (χ1n) is 5.35. The Labute approximate surface area is 112 Å². The van der Waals surface area contributed by atoms with Crippen LogP contribution in [0.5, 0.6) is 5.75 Å². The average Bonchev–Trinajstić information content (AvgIpc) is 2.23. The van der Waals surface area contributed by atoms with Gasteiger partial charge in [-0.3, -0.25) is 0 Å². The van der Waals surface area contributed by atoms with Crippen LogP contribution < -0.4 is 4.74 Å². The molecule has 0 radical (unpaired) electrons. The summed E-state index contributed by atoms with van der Waals surface area (Å²) in [6, 6.07) is 5.24. The smallest absolute Gasteiger partial charge is 0.122 e. The summed E-state index contributed by atoms with van der Waals surface area (Å²) in [6.45, 7) is 2.82. The van der Waals surface area contributed by atoms with Crippen molar-refractivity contribution in [2.24, 2.45) is 5.92 Å². The highest BCUT2D eigenvalue weighted by molar-refractivity contribution is 7.80. The molecule has 1 aromatic carbocycles. The summed E-state index contributed by atoms with van der Waals surface area (Å²) < 4.78 is 5.66. The molecule has 1 rings (SSSR count). The molecule has 0 aliphatic heterocycles. The minimum Gasteiger partial charge on any atom is -0.493 e. The predicted molar refractivity (Wildman–Crippen MR) is 74.2 cm³/mol. The minimum absolute atomic E-state index is 0.478. The van der Waals surface area contributed by atoms with Gasteiger partial charge in [-0.05, 0) is 30.4 Å². The summed E-state index contributed by atoms with van der Waals surface area (Å²) in [4.78, 5) is 0. The second-order valence-electron chi connectivity index (χ2n) is 3.75. The largest absolute Gasteiger partial charge is 0.493 e. The average molecular weight is 279 g/mol. The van der Waals surface area contributed by atoms with Gasteiger partial charge < -0.3 is 4.74 Å². The van der Waals surface area contributed by atoms with E-state index in [0.29, 0.717) is 22.6 Å². The number of thiol groups is 1. The van der Waals surface area contributed by atoms with Crippen LogP contribution in [0.4, 0.5) is 0 Å². The quantitative estimate of drug-likeness (QED) is 0.741. The Hall–Kier alpha value is -0.0500. The summed E-state index contributed by atoms with van der Waals surface area (Å²) in [7, 11) is 0. The topological polar surface area (TPSA) is 9.23 Å². The fourth-order valence-corrected chi connectivity index (χ4v) is 2.26. The van der Waals surface area contributed by atoms with E-state index in [0.717, 1.165) is 24.3 Å². The molecule has 1 atom stereocenters. The van der Waals surface area contributed by atoms with Crippen molar-refractivity contribution in [3.05, 3.63) is 28.2 Å². The fourth-order valence-electron chi connectivity index (χ4n) is 1.46. The third kappa shape index (κ3) is 4.86. The Morgan fingerprint density at radius 3 is 2.38 bits per heavy atom. The van der Waals surface area contributed by atoms with Crippen LogP contribution in [0.3, 0.4) is 0 Å². The Bertz CT molecular complexity index is 311. The molecule has 16 heavy (non-hydrogen) atoms. The second-order valence-corrected chi connectivity index (χ2v) is 4.99. The molecular formula is C12H16Cl2OS. The monoisotopic (exact) mass is 278 g/mol. The molecule has 0 fully saturated rings. The van der Waals surface area contributed by atoms with Crippen LogP contribution in [0.15, 0.2) is 18.2 Å². The molecular weight excluding hydrogens is 263 g/mol. The highest BCUT2D eigenvalue weighted by atomic mass is 35.5. The number of hydrogen-bond acceptors (Lipinski definition) is 2. The summed E-state index contributed by atoms with van der Waals surface area (Å²) in [5.41, 5.74) is 0.